The molecule has 2 atom stereocenters. The molecule has 3 N–H and O–H groups in total. The second-order valence-corrected chi connectivity index (χ2v) is 11.6. The summed E-state index contributed by atoms with van der Waals surface area (Å²) >= 11 is 0. The van der Waals surface area contributed by atoms with E-state index in [4.69, 9.17) is 0 Å². The van der Waals surface area contributed by atoms with Crippen LogP contribution in [-0.2, 0) is 4.79 Å². The molecule has 0 bridgehead atoms. The molecule has 226 valence electrons. The Kier molecular flexibility index (Phi) is 30.0. The van der Waals surface area contributed by atoms with Gasteiger partial charge in [0.15, 0.2) is 0 Å². The molecule has 0 fully saturated rings. The van der Waals surface area contributed by atoms with Crippen molar-refractivity contribution in [2.45, 2.75) is 193 Å². The van der Waals surface area contributed by atoms with Gasteiger partial charge in [0.1, 0.15) is 0 Å². The summed E-state index contributed by atoms with van der Waals surface area (Å²) in [7, 11) is 0. The number of aliphatic hydroxyl groups excluding tert-OH is 2. The molecule has 0 aliphatic heterocycles. The number of aliphatic hydroxyl groups is 2. The summed E-state index contributed by atoms with van der Waals surface area (Å²) in [5.74, 6) is -0.0431. The van der Waals surface area contributed by atoms with E-state index < -0.39 is 12.1 Å². The molecule has 0 aromatic heterocycles. The fraction of sp³-hybridized carbons (Fsp3) is 0.912. The van der Waals surface area contributed by atoms with E-state index in [9.17, 15) is 15.0 Å². The van der Waals surface area contributed by atoms with Crippen LogP contribution < -0.4 is 5.32 Å². The number of carbonyl (C=O) groups is 1. The predicted octanol–water partition coefficient (Wildman–Crippen LogP) is 9.56. The Labute approximate surface area is 237 Å². The molecule has 0 rings (SSSR count). The van der Waals surface area contributed by atoms with Gasteiger partial charge in [0.25, 0.3) is 0 Å². The van der Waals surface area contributed by atoms with Crippen molar-refractivity contribution in [2.75, 3.05) is 6.61 Å². The van der Waals surface area contributed by atoms with Crippen LogP contribution in [0.25, 0.3) is 0 Å². The van der Waals surface area contributed by atoms with Gasteiger partial charge < -0.3 is 15.5 Å². The van der Waals surface area contributed by atoms with Gasteiger partial charge in [-0.25, -0.2) is 0 Å². The maximum Gasteiger partial charge on any atom is 0.220 e. The summed E-state index contributed by atoms with van der Waals surface area (Å²) in [6.07, 6.45) is 35.4. The van der Waals surface area contributed by atoms with E-state index in [1.54, 1.807) is 0 Å². The van der Waals surface area contributed by atoms with Crippen LogP contribution in [0, 0.1) is 0 Å². The van der Waals surface area contributed by atoms with Crippen LogP contribution in [0.2, 0.25) is 0 Å². The number of carbonyl (C=O) groups excluding carboxylic acids is 1. The lowest BCUT2D eigenvalue weighted by molar-refractivity contribution is -0.123. The molecular formula is C34H67NO3. The topological polar surface area (TPSA) is 69.6 Å². The van der Waals surface area contributed by atoms with Crippen LogP contribution in [0.5, 0.6) is 0 Å². The van der Waals surface area contributed by atoms with E-state index in [0.717, 1.165) is 25.7 Å². The summed E-state index contributed by atoms with van der Waals surface area (Å²) in [5.41, 5.74) is 0. The summed E-state index contributed by atoms with van der Waals surface area (Å²) in [5, 5.41) is 22.9. The van der Waals surface area contributed by atoms with Gasteiger partial charge in [-0.2, -0.15) is 0 Å². The van der Waals surface area contributed by atoms with Crippen molar-refractivity contribution in [2.24, 2.45) is 0 Å². The van der Waals surface area contributed by atoms with E-state index in [2.05, 4.69) is 31.3 Å². The molecule has 38 heavy (non-hydrogen) atoms. The molecule has 4 heteroatoms. The number of rotatable bonds is 30. The minimum absolute atomic E-state index is 0.0431. The van der Waals surface area contributed by atoms with Gasteiger partial charge in [-0.05, 0) is 32.1 Å². The van der Waals surface area contributed by atoms with Gasteiger partial charge in [-0.15, -0.1) is 0 Å². The van der Waals surface area contributed by atoms with Crippen molar-refractivity contribution in [3.8, 4) is 0 Å². The molecule has 0 aliphatic rings. The van der Waals surface area contributed by atoms with Gasteiger partial charge in [-0.1, -0.05) is 154 Å². The Morgan fingerprint density at radius 1 is 0.605 bits per heavy atom. The predicted molar refractivity (Wildman–Crippen MR) is 166 cm³/mol. The van der Waals surface area contributed by atoms with Crippen LogP contribution in [-0.4, -0.2) is 34.9 Å². The van der Waals surface area contributed by atoms with E-state index in [1.807, 2.05) is 0 Å². The van der Waals surface area contributed by atoms with Crippen LogP contribution in [0.15, 0.2) is 12.2 Å². The monoisotopic (exact) mass is 538 g/mol. The van der Waals surface area contributed by atoms with Crippen LogP contribution in [0.1, 0.15) is 181 Å². The number of hydrogen-bond acceptors (Lipinski definition) is 3. The first-order valence-electron chi connectivity index (χ1n) is 16.9. The van der Waals surface area contributed by atoms with Crippen molar-refractivity contribution in [1.29, 1.82) is 0 Å². The fourth-order valence-corrected chi connectivity index (χ4v) is 5.10. The Balaban J connectivity index is 3.57. The lowest BCUT2D eigenvalue weighted by atomic mass is 10.0. The molecule has 4 nitrogen and oxygen atoms in total. The van der Waals surface area contributed by atoms with E-state index in [-0.39, 0.29) is 12.5 Å². The maximum absolute atomic E-state index is 12.2. The molecule has 2 unspecified atom stereocenters. The quantitative estimate of drug-likeness (QED) is 0.0631. The van der Waals surface area contributed by atoms with Crippen molar-refractivity contribution < 1.29 is 15.0 Å². The van der Waals surface area contributed by atoms with Crippen molar-refractivity contribution in [3.05, 3.63) is 12.2 Å². The van der Waals surface area contributed by atoms with Gasteiger partial charge >= 0.3 is 0 Å². The molecule has 0 spiro atoms. The number of unbranched alkanes of at least 4 members (excludes halogenated alkanes) is 21. The highest BCUT2D eigenvalue weighted by molar-refractivity contribution is 5.76. The third kappa shape index (κ3) is 26.7. The van der Waals surface area contributed by atoms with E-state index >= 15 is 0 Å². The third-order valence-corrected chi connectivity index (χ3v) is 7.78. The second kappa shape index (κ2) is 30.7. The van der Waals surface area contributed by atoms with E-state index in [0.29, 0.717) is 12.8 Å². The molecule has 0 saturated carbocycles. The maximum atomic E-state index is 12.2. The molecule has 0 aromatic carbocycles. The van der Waals surface area contributed by atoms with Gasteiger partial charge in [-0.3, -0.25) is 4.79 Å². The molecule has 0 aromatic rings. The van der Waals surface area contributed by atoms with Crippen molar-refractivity contribution >= 4 is 5.91 Å². The Hall–Kier alpha value is -0.870. The average Bonchev–Trinajstić information content (AvgIpc) is 2.92. The van der Waals surface area contributed by atoms with Crippen molar-refractivity contribution in [1.82, 2.24) is 5.32 Å². The minimum Gasteiger partial charge on any atom is -0.394 e. The summed E-state index contributed by atoms with van der Waals surface area (Å²) in [6.45, 7) is 4.30. The Morgan fingerprint density at radius 2 is 1.03 bits per heavy atom. The lowest BCUT2D eigenvalue weighted by Gasteiger charge is -2.22. The Morgan fingerprint density at radius 3 is 1.53 bits per heavy atom. The molecule has 0 radical (unpaired) electrons. The van der Waals surface area contributed by atoms with Crippen LogP contribution in [0.4, 0.5) is 0 Å². The SMILES string of the molecule is CCCC/C=C\CCCCCCCC(=O)NC(CO)C(O)CCCCCCCCCCCCCCCCC. The zero-order valence-electron chi connectivity index (χ0n) is 25.7. The molecule has 0 heterocycles. The standard InChI is InChI=1S/C34H67NO3/c1-3-5-7-9-11-13-15-16-17-18-20-21-23-25-27-29-33(37)32(31-36)35-34(38)30-28-26-24-22-19-14-12-10-8-6-4-2/h10,12,32-33,36-37H,3-9,11,13-31H2,1-2H3,(H,35,38)/b12-10-. The summed E-state index contributed by atoms with van der Waals surface area (Å²) in [4.78, 5) is 12.2. The van der Waals surface area contributed by atoms with E-state index in [1.165, 1.54) is 128 Å². The smallest absolute Gasteiger partial charge is 0.220 e. The summed E-state index contributed by atoms with van der Waals surface area (Å²) in [6, 6.07) is -0.534. The zero-order chi connectivity index (χ0) is 27.9. The molecule has 0 aliphatic carbocycles. The molecule has 1 amide bonds. The van der Waals surface area contributed by atoms with Gasteiger partial charge in [0.05, 0.1) is 18.8 Å². The number of amides is 1. The summed E-state index contributed by atoms with van der Waals surface area (Å²) < 4.78 is 0. The average molecular weight is 538 g/mol. The normalized spacial score (nSPS) is 13.3. The Bertz CT molecular complexity index is 508. The highest BCUT2D eigenvalue weighted by atomic mass is 16.3. The van der Waals surface area contributed by atoms with Gasteiger partial charge in [0.2, 0.25) is 5.91 Å². The highest BCUT2D eigenvalue weighted by Gasteiger charge is 2.19. The minimum atomic E-state index is -0.656. The van der Waals surface area contributed by atoms with Crippen LogP contribution in [0.3, 0.4) is 0 Å². The largest absolute Gasteiger partial charge is 0.394 e. The third-order valence-electron chi connectivity index (χ3n) is 7.78. The first kappa shape index (κ1) is 37.1. The first-order chi connectivity index (χ1) is 18.7. The van der Waals surface area contributed by atoms with Crippen LogP contribution >= 0.6 is 0 Å². The fourth-order valence-electron chi connectivity index (χ4n) is 5.10. The second-order valence-electron chi connectivity index (χ2n) is 11.6. The molecule has 0 saturated heterocycles. The highest BCUT2D eigenvalue weighted by Crippen LogP contribution is 2.15. The number of allylic oxidation sites excluding steroid dienone is 2. The number of nitrogens with one attached hydrogen (secondary N) is 1. The molecular weight excluding hydrogens is 470 g/mol. The first-order valence-corrected chi connectivity index (χ1v) is 16.9. The lowest BCUT2D eigenvalue weighted by Crippen LogP contribution is -2.45. The van der Waals surface area contributed by atoms with Gasteiger partial charge in [0, 0.05) is 6.42 Å². The van der Waals surface area contributed by atoms with Crippen molar-refractivity contribution in [3.63, 3.8) is 0 Å². The number of hydrogen-bond donors (Lipinski definition) is 3. The zero-order valence-corrected chi connectivity index (χ0v) is 25.7.